The van der Waals surface area contributed by atoms with Crippen molar-refractivity contribution in [3.63, 3.8) is 0 Å². The standard InChI is InChI=1S/C17H16ClFN6/c18-11-2-1-3-12(15(11)19)23-17-16-13(21-9-22-17)4-5-14(24-16)25-7-6-10(20)8-25/h1-5,9-10H,6-8,20H2,(H,21,22,23)/t10-/m1/s1. The fourth-order valence-corrected chi connectivity index (χ4v) is 3.10. The van der Waals surface area contributed by atoms with Crippen LogP contribution in [-0.4, -0.2) is 34.1 Å². The van der Waals surface area contributed by atoms with Crippen LogP contribution in [0.2, 0.25) is 5.02 Å². The van der Waals surface area contributed by atoms with Crippen LogP contribution in [-0.2, 0) is 0 Å². The Bertz CT molecular complexity index is 934. The predicted octanol–water partition coefficient (Wildman–Crippen LogP) is 3.10. The number of anilines is 3. The number of nitrogens with one attached hydrogen (secondary N) is 1. The molecule has 1 aliphatic rings. The molecule has 0 spiro atoms. The number of fused-ring (bicyclic) bond motifs is 1. The molecule has 3 heterocycles. The van der Waals surface area contributed by atoms with E-state index in [0.29, 0.717) is 16.9 Å². The highest BCUT2D eigenvalue weighted by Crippen LogP contribution is 2.28. The van der Waals surface area contributed by atoms with Gasteiger partial charge in [0.15, 0.2) is 11.6 Å². The number of hydrogen-bond donors (Lipinski definition) is 2. The maximum atomic E-state index is 14.2. The highest BCUT2D eigenvalue weighted by molar-refractivity contribution is 6.31. The molecule has 0 bridgehead atoms. The van der Waals surface area contributed by atoms with Crippen LogP contribution in [0.25, 0.3) is 11.0 Å². The van der Waals surface area contributed by atoms with Crippen LogP contribution in [0.1, 0.15) is 6.42 Å². The van der Waals surface area contributed by atoms with Gasteiger partial charge in [0.25, 0.3) is 0 Å². The summed E-state index contributed by atoms with van der Waals surface area (Å²) >= 11 is 5.84. The van der Waals surface area contributed by atoms with Crippen molar-refractivity contribution < 1.29 is 4.39 Å². The number of pyridine rings is 1. The van der Waals surface area contributed by atoms with Crippen molar-refractivity contribution in [2.75, 3.05) is 23.3 Å². The smallest absolute Gasteiger partial charge is 0.165 e. The van der Waals surface area contributed by atoms with Gasteiger partial charge in [-0.2, -0.15) is 0 Å². The van der Waals surface area contributed by atoms with E-state index in [4.69, 9.17) is 17.3 Å². The Morgan fingerprint density at radius 1 is 1.24 bits per heavy atom. The van der Waals surface area contributed by atoms with Gasteiger partial charge >= 0.3 is 0 Å². The summed E-state index contributed by atoms with van der Waals surface area (Å²) in [6.45, 7) is 1.62. The molecule has 0 aliphatic carbocycles. The SMILES string of the molecule is N[C@@H]1CCN(c2ccc3ncnc(Nc4cccc(Cl)c4F)c3n2)C1. The molecular weight excluding hydrogens is 343 g/mol. The van der Waals surface area contributed by atoms with Crippen molar-refractivity contribution in [2.45, 2.75) is 12.5 Å². The molecule has 1 aliphatic heterocycles. The molecule has 3 N–H and O–H groups in total. The number of hydrogen-bond acceptors (Lipinski definition) is 6. The Morgan fingerprint density at radius 2 is 2.12 bits per heavy atom. The summed E-state index contributed by atoms with van der Waals surface area (Å²) in [7, 11) is 0. The van der Waals surface area contributed by atoms with Crippen LogP contribution in [0.15, 0.2) is 36.7 Å². The average Bonchev–Trinajstić information content (AvgIpc) is 3.05. The van der Waals surface area contributed by atoms with Gasteiger partial charge in [-0.05, 0) is 30.7 Å². The van der Waals surface area contributed by atoms with Gasteiger partial charge in [0.1, 0.15) is 17.7 Å². The van der Waals surface area contributed by atoms with Crippen molar-refractivity contribution in [2.24, 2.45) is 5.73 Å². The van der Waals surface area contributed by atoms with Gasteiger partial charge < -0.3 is 16.0 Å². The minimum atomic E-state index is -0.530. The Labute approximate surface area is 148 Å². The summed E-state index contributed by atoms with van der Waals surface area (Å²) in [5.74, 6) is 0.707. The Balaban J connectivity index is 1.74. The van der Waals surface area contributed by atoms with E-state index in [1.165, 1.54) is 12.4 Å². The lowest BCUT2D eigenvalue weighted by Crippen LogP contribution is -2.26. The largest absolute Gasteiger partial charge is 0.355 e. The molecule has 0 saturated carbocycles. The molecule has 0 radical (unpaired) electrons. The first kappa shape index (κ1) is 16.0. The van der Waals surface area contributed by atoms with E-state index in [9.17, 15) is 4.39 Å². The highest BCUT2D eigenvalue weighted by atomic mass is 35.5. The molecule has 6 nitrogen and oxygen atoms in total. The Morgan fingerprint density at radius 3 is 2.92 bits per heavy atom. The quantitative estimate of drug-likeness (QED) is 0.749. The first-order valence-corrected chi connectivity index (χ1v) is 8.33. The number of rotatable bonds is 3. The zero-order chi connectivity index (χ0) is 17.4. The van der Waals surface area contributed by atoms with Gasteiger partial charge in [-0.25, -0.2) is 19.3 Å². The van der Waals surface area contributed by atoms with Gasteiger partial charge in [0.05, 0.1) is 16.2 Å². The van der Waals surface area contributed by atoms with Crippen LogP contribution in [0.3, 0.4) is 0 Å². The second-order valence-corrected chi connectivity index (χ2v) is 6.39. The fraction of sp³-hybridized carbons (Fsp3) is 0.235. The molecular formula is C17H16ClFN6. The van der Waals surface area contributed by atoms with Crippen molar-refractivity contribution in [1.29, 1.82) is 0 Å². The Hall–Kier alpha value is -2.51. The third-order valence-corrected chi connectivity index (χ3v) is 4.51. The summed E-state index contributed by atoms with van der Waals surface area (Å²) < 4.78 is 14.2. The van der Waals surface area contributed by atoms with Gasteiger partial charge in [-0.3, -0.25) is 0 Å². The molecule has 0 unspecified atom stereocenters. The summed E-state index contributed by atoms with van der Waals surface area (Å²) in [6, 6.07) is 8.70. The fourth-order valence-electron chi connectivity index (χ4n) is 2.92. The number of halogens is 2. The molecule has 2 aromatic heterocycles. The van der Waals surface area contributed by atoms with Crippen LogP contribution in [0, 0.1) is 5.82 Å². The van der Waals surface area contributed by atoms with Crippen LogP contribution >= 0.6 is 11.6 Å². The second kappa shape index (κ2) is 6.42. The van der Waals surface area contributed by atoms with E-state index in [2.05, 4.69) is 25.2 Å². The van der Waals surface area contributed by atoms with E-state index < -0.39 is 5.82 Å². The van der Waals surface area contributed by atoms with Gasteiger partial charge in [0.2, 0.25) is 0 Å². The van der Waals surface area contributed by atoms with Crippen molar-refractivity contribution in [3.8, 4) is 0 Å². The van der Waals surface area contributed by atoms with Crippen molar-refractivity contribution in [1.82, 2.24) is 15.0 Å². The zero-order valence-electron chi connectivity index (χ0n) is 13.3. The molecule has 4 rings (SSSR count). The number of nitrogens with zero attached hydrogens (tertiary/aromatic N) is 4. The zero-order valence-corrected chi connectivity index (χ0v) is 14.0. The van der Waals surface area contributed by atoms with Gasteiger partial charge in [-0.15, -0.1) is 0 Å². The molecule has 1 saturated heterocycles. The molecule has 1 atom stereocenters. The van der Waals surface area contributed by atoms with E-state index >= 15 is 0 Å². The second-order valence-electron chi connectivity index (χ2n) is 5.98. The normalized spacial score (nSPS) is 17.2. The number of benzene rings is 1. The molecule has 8 heteroatoms. The Kier molecular flexibility index (Phi) is 4.10. The first-order valence-electron chi connectivity index (χ1n) is 7.95. The minimum absolute atomic E-state index is 0.0445. The monoisotopic (exact) mass is 358 g/mol. The topological polar surface area (TPSA) is 80.0 Å². The van der Waals surface area contributed by atoms with E-state index in [0.717, 1.165) is 25.3 Å². The number of nitrogens with two attached hydrogens (primary N) is 1. The van der Waals surface area contributed by atoms with Crippen molar-refractivity contribution >= 4 is 40.0 Å². The van der Waals surface area contributed by atoms with Crippen LogP contribution < -0.4 is 16.0 Å². The maximum Gasteiger partial charge on any atom is 0.165 e. The first-order chi connectivity index (χ1) is 12.1. The lowest BCUT2D eigenvalue weighted by Gasteiger charge is -2.17. The maximum absolute atomic E-state index is 14.2. The summed E-state index contributed by atoms with van der Waals surface area (Å²) in [5, 5.41) is 3.01. The molecule has 3 aromatic rings. The summed E-state index contributed by atoms with van der Waals surface area (Å²) in [4.78, 5) is 15.2. The average molecular weight is 359 g/mol. The molecule has 25 heavy (non-hydrogen) atoms. The molecule has 1 fully saturated rings. The molecule has 0 amide bonds. The van der Waals surface area contributed by atoms with E-state index in [1.54, 1.807) is 12.1 Å². The summed E-state index contributed by atoms with van der Waals surface area (Å²) in [6.07, 6.45) is 2.35. The van der Waals surface area contributed by atoms with Crippen molar-refractivity contribution in [3.05, 3.63) is 47.5 Å². The van der Waals surface area contributed by atoms with Crippen LogP contribution in [0.4, 0.5) is 21.7 Å². The highest BCUT2D eigenvalue weighted by Gasteiger charge is 2.21. The molecule has 1 aromatic carbocycles. The van der Waals surface area contributed by atoms with E-state index in [-0.39, 0.29) is 16.8 Å². The minimum Gasteiger partial charge on any atom is -0.355 e. The number of aromatic nitrogens is 3. The third-order valence-electron chi connectivity index (χ3n) is 4.22. The van der Waals surface area contributed by atoms with Gasteiger partial charge in [-0.1, -0.05) is 17.7 Å². The van der Waals surface area contributed by atoms with Crippen LogP contribution in [0.5, 0.6) is 0 Å². The molecule has 128 valence electrons. The third kappa shape index (κ3) is 3.08. The summed E-state index contributed by atoms with van der Waals surface area (Å²) in [5.41, 5.74) is 7.46. The van der Waals surface area contributed by atoms with Gasteiger partial charge in [0, 0.05) is 19.1 Å². The predicted molar refractivity (Wildman–Crippen MR) is 96.8 cm³/mol. The lowest BCUT2D eigenvalue weighted by atomic mass is 10.3. The van der Waals surface area contributed by atoms with E-state index in [1.807, 2.05) is 12.1 Å². The lowest BCUT2D eigenvalue weighted by molar-refractivity contribution is 0.632.